The van der Waals surface area contributed by atoms with Crippen LogP contribution in [0.4, 0.5) is 0 Å². The maximum absolute atomic E-state index is 11.9. The van der Waals surface area contributed by atoms with Crippen LogP contribution in [-0.2, 0) is 6.61 Å². The molecule has 0 aliphatic rings. The number of aromatic nitrogens is 3. The molecule has 3 aromatic heterocycles. The number of aryl methyl sites for hydroxylation is 1. The lowest BCUT2D eigenvalue weighted by Gasteiger charge is -2.09. The molecule has 134 valence electrons. The van der Waals surface area contributed by atoms with Gasteiger partial charge in [-0.05, 0) is 45.0 Å². The van der Waals surface area contributed by atoms with Crippen molar-refractivity contribution in [2.45, 2.75) is 33.4 Å². The molecular weight excluding hydrogens is 332 g/mol. The number of hydrogen-bond donors (Lipinski definition) is 1. The number of carbonyl (C=O) groups is 1. The highest BCUT2D eigenvalue weighted by Gasteiger charge is 2.16. The van der Waals surface area contributed by atoms with Gasteiger partial charge in [0.05, 0.1) is 17.5 Å². The van der Waals surface area contributed by atoms with Gasteiger partial charge in [0.2, 0.25) is 0 Å². The van der Waals surface area contributed by atoms with E-state index in [0.29, 0.717) is 22.9 Å². The molecule has 0 aromatic carbocycles. The molecule has 0 aliphatic heterocycles. The Bertz CT molecular complexity index is 874. The number of ether oxygens (including phenoxy) is 1. The van der Waals surface area contributed by atoms with E-state index in [9.17, 15) is 4.79 Å². The van der Waals surface area contributed by atoms with Gasteiger partial charge in [0, 0.05) is 12.2 Å². The average Bonchev–Trinajstić information content (AvgIpc) is 3.01. The summed E-state index contributed by atoms with van der Waals surface area (Å²) in [6.45, 7) is 5.89. The summed E-state index contributed by atoms with van der Waals surface area (Å²) in [5.74, 6) is 1.02. The average molecular weight is 352 g/mol. The van der Waals surface area contributed by atoms with Crippen LogP contribution in [0.5, 0.6) is 5.75 Å². The molecule has 26 heavy (non-hydrogen) atoms. The standard InChI is InChI=1S/C19H20N4O3/c1-12(2)22-19(24)17-8-7-14(10-21-17)25-11-15-13(3)26-23-18(15)16-6-4-5-9-20-16/h4-10,12H,11H2,1-3H3,(H,22,24). The molecule has 3 aromatic rings. The Balaban J connectivity index is 1.70. The van der Waals surface area contributed by atoms with Crippen molar-refractivity contribution in [3.8, 4) is 17.1 Å². The molecule has 1 N–H and O–H groups in total. The first kappa shape index (κ1) is 17.6. The van der Waals surface area contributed by atoms with E-state index < -0.39 is 0 Å². The van der Waals surface area contributed by atoms with Gasteiger partial charge in [-0.3, -0.25) is 9.78 Å². The van der Waals surface area contributed by atoms with Gasteiger partial charge in [-0.1, -0.05) is 11.2 Å². The van der Waals surface area contributed by atoms with Crippen LogP contribution < -0.4 is 10.1 Å². The monoisotopic (exact) mass is 352 g/mol. The zero-order valence-corrected chi connectivity index (χ0v) is 14.9. The van der Waals surface area contributed by atoms with Crippen LogP contribution in [0.15, 0.2) is 47.2 Å². The van der Waals surface area contributed by atoms with E-state index in [1.807, 2.05) is 39.0 Å². The zero-order chi connectivity index (χ0) is 18.5. The van der Waals surface area contributed by atoms with Crippen LogP contribution in [0.3, 0.4) is 0 Å². The van der Waals surface area contributed by atoms with Gasteiger partial charge in [-0.2, -0.15) is 0 Å². The van der Waals surface area contributed by atoms with E-state index in [0.717, 1.165) is 11.3 Å². The Morgan fingerprint density at radius 3 is 2.73 bits per heavy atom. The summed E-state index contributed by atoms with van der Waals surface area (Å²) in [7, 11) is 0. The molecule has 0 unspecified atom stereocenters. The highest BCUT2D eigenvalue weighted by atomic mass is 16.5. The minimum atomic E-state index is -0.209. The summed E-state index contributed by atoms with van der Waals surface area (Å²) < 4.78 is 11.1. The number of rotatable bonds is 6. The van der Waals surface area contributed by atoms with Crippen LogP contribution in [0.25, 0.3) is 11.4 Å². The molecule has 0 saturated carbocycles. The molecule has 0 atom stereocenters. The number of carbonyl (C=O) groups excluding carboxylic acids is 1. The van der Waals surface area contributed by atoms with Crippen molar-refractivity contribution in [2.75, 3.05) is 0 Å². The van der Waals surface area contributed by atoms with Gasteiger partial charge in [-0.25, -0.2) is 4.98 Å². The SMILES string of the molecule is Cc1onc(-c2ccccn2)c1COc1ccc(C(=O)NC(C)C)nc1. The Morgan fingerprint density at radius 2 is 2.08 bits per heavy atom. The fraction of sp³-hybridized carbons (Fsp3) is 0.263. The number of pyridine rings is 2. The van der Waals surface area contributed by atoms with Gasteiger partial charge < -0.3 is 14.6 Å². The van der Waals surface area contributed by atoms with Gasteiger partial charge in [-0.15, -0.1) is 0 Å². The molecule has 3 heterocycles. The molecule has 1 amide bonds. The minimum Gasteiger partial charge on any atom is -0.487 e. The molecule has 0 fully saturated rings. The lowest BCUT2D eigenvalue weighted by Crippen LogP contribution is -2.30. The maximum atomic E-state index is 11.9. The molecular formula is C19H20N4O3. The smallest absolute Gasteiger partial charge is 0.270 e. The fourth-order valence-electron chi connectivity index (χ4n) is 2.36. The molecule has 7 heteroatoms. The quantitative estimate of drug-likeness (QED) is 0.733. The number of amides is 1. The summed E-state index contributed by atoms with van der Waals surface area (Å²) in [5, 5.41) is 6.87. The van der Waals surface area contributed by atoms with E-state index in [1.165, 1.54) is 6.20 Å². The first-order valence-corrected chi connectivity index (χ1v) is 8.31. The predicted molar refractivity (Wildman–Crippen MR) is 95.6 cm³/mol. The lowest BCUT2D eigenvalue weighted by molar-refractivity contribution is 0.0938. The summed E-state index contributed by atoms with van der Waals surface area (Å²) >= 11 is 0. The third-order valence-electron chi connectivity index (χ3n) is 3.66. The summed E-state index contributed by atoms with van der Waals surface area (Å²) in [6.07, 6.45) is 3.23. The van der Waals surface area contributed by atoms with Crippen molar-refractivity contribution in [2.24, 2.45) is 0 Å². The second-order valence-corrected chi connectivity index (χ2v) is 6.08. The van der Waals surface area contributed by atoms with Crippen molar-refractivity contribution in [3.63, 3.8) is 0 Å². The molecule has 7 nitrogen and oxygen atoms in total. The highest BCUT2D eigenvalue weighted by Crippen LogP contribution is 2.24. The van der Waals surface area contributed by atoms with Gasteiger partial charge in [0.25, 0.3) is 5.91 Å². The van der Waals surface area contributed by atoms with Crippen molar-refractivity contribution in [1.82, 2.24) is 20.4 Å². The molecule has 0 spiro atoms. The maximum Gasteiger partial charge on any atom is 0.270 e. The first-order valence-electron chi connectivity index (χ1n) is 8.31. The molecule has 0 aliphatic carbocycles. The predicted octanol–water partition coefficient (Wildman–Crippen LogP) is 3.16. The van der Waals surface area contributed by atoms with Crippen molar-refractivity contribution in [3.05, 3.63) is 59.7 Å². The summed E-state index contributed by atoms with van der Waals surface area (Å²) in [4.78, 5) is 20.4. The number of hydrogen-bond acceptors (Lipinski definition) is 6. The molecule has 0 radical (unpaired) electrons. The summed E-state index contributed by atoms with van der Waals surface area (Å²) in [5.41, 5.74) is 2.55. The zero-order valence-electron chi connectivity index (χ0n) is 14.9. The van der Waals surface area contributed by atoms with Crippen molar-refractivity contribution < 1.29 is 14.1 Å². The van der Waals surface area contributed by atoms with E-state index in [-0.39, 0.29) is 18.6 Å². The molecule has 0 bridgehead atoms. The fourth-order valence-corrected chi connectivity index (χ4v) is 2.36. The Morgan fingerprint density at radius 1 is 1.23 bits per heavy atom. The lowest BCUT2D eigenvalue weighted by atomic mass is 10.1. The van der Waals surface area contributed by atoms with E-state index in [2.05, 4.69) is 20.4 Å². The molecule has 0 saturated heterocycles. The van der Waals surface area contributed by atoms with Crippen LogP contribution in [0.1, 0.15) is 35.7 Å². The topological polar surface area (TPSA) is 90.1 Å². The Hall–Kier alpha value is -3.22. The molecule has 3 rings (SSSR count). The van der Waals surface area contributed by atoms with Crippen molar-refractivity contribution >= 4 is 5.91 Å². The summed E-state index contributed by atoms with van der Waals surface area (Å²) in [6, 6.07) is 9.00. The minimum absolute atomic E-state index is 0.0572. The van der Waals surface area contributed by atoms with Gasteiger partial charge in [0.15, 0.2) is 0 Å². The second kappa shape index (κ2) is 7.77. The van der Waals surface area contributed by atoms with Gasteiger partial charge in [0.1, 0.15) is 29.5 Å². The van der Waals surface area contributed by atoms with Gasteiger partial charge >= 0.3 is 0 Å². The van der Waals surface area contributed by atoms with E-state index in [1.54, 1.807) is 18.3 Å². The number of nitrogens with one attached hydrogen (secondary N) is 1. The van der Waals surface area contributed by atoms with Crippen LogP contribution in [0, 0.1) is 6.92 Å². The van der Waals surface area contributed by atoms with Crippen LogP contribution in [0.2, 0.25) is 0 Å². The van der Waals surface area contributed by atoms with E-state index in [4.69, 9.17) is 9.26 Å². The Kier molecular flexibility index (Phi) is 5.26. The largest absolute Gasteiger partial charge is 0.487 e. The Labute approximate surface area is 151 Å². The van der Waals surface area contributed by atoms with Crippen LogP contribution >= 0.6 is 0 Å². The normalized spacial score (nSPS) is 10.8. The third-order valence-corrected chi connectivity index (χ3v) is 3.66. The van der Waals surface area contributed by atoms with E-state index >= 15 is 0 Å². The second-order valence-electron chi connectivity index (χ2n) is 6.08. The first-order chi connectivity index (χ1) is 12.5. The van der Waals surface area contributed by atoms with Crippen molar-refractivity contribution in [1.29, 1.82) is 0 Å². The number of nitrogens with zero attached hydrogens (tertiary/aromatic N) is 3. The van der Waals surface area contributed by atoms with Crippen LogP contribution in [-0.4, -0.2) is 27.1 Å². The third kappa shape index (κ3) is 4.05. The highest BCUT2D eigenvalue weighted by molar-refractivity contribution is 5.92.